The highest BCUT2D eigenvalue weighted by Gasteiger charge is 2.03. The minimum absolute atomic E-state index is 0.603. The summed E-state index contributed by atoms with van der Waals surface area (Å²) in [5.41, 5.74) is 1.89. The summed E-state index contributed by atoms with van der Waals surface area (Å²) in [4.78, 5) is 0. The minimum atomic E-state index is 0.603. The molecular weight excluding hydrogens is 372 g/mol. The van der Waals surface area contributed by atoms with Gasteiger partial charge in [-0.25, -0.2) is 0 Å². The van der Waals surface area contributed by atoms with Crippen molar-refractivity contribution in [2.45, 2.75) is 90.9 Å². The molecule has 0 aliphatic carbocycles. The van der Waals surface area contributed by atoms with Gasteiger partial charge in [0.25, 0.3) is 0 Å². The van der Waals surface area contributed by atoms with Gasteiger partial charge >= 0.3 is 0 Å². The lowest BCUT2D eigenvalue weighted by Gasteiger charge is -2.08. The molecule has 30 heavy (non-hydrogen) atoms. The van der Waals surface area contributed by atoms with Gasteiger partial charge in [0.15, 0.2) is 0 Å². The van der Waals surface area contributed by atoms with Crippen LogP contribution < -0.4 is 9.47 Å². The molecule has 166 valence electrons. The summed E-state index contributed by atoms with van der Waals surface area (Å²) in [5, 5.41) is 8.53. The first-order chi connectivity index (χ1) is 14.8. The molecule has 0 aliphatic heterocycles. The van der Waals surface area contributed by atoms with Crippen molar-refractivity contribution in [1.82, 2.24) is 10.2 Å². The molecule has 0 atom stereocenters. The summed E-state index contributed by atoms with van der Waals surface area (Å²) >= 11 is 0. The van der Waals surface area contributed by atoms with Crippen molar-refractivity contribution in [3.63, 3.8) is 0 Å². The van der Waals surface area contributed by atoms with Gasteiger partial charge in [-0.05, 0) is 43.2 Å². The first-order valence-corrected chi connectivity index (χ1v) is 12.0. The first kappa shape index (κ1) is 24.2. The van der Waals surface area contributed by atoms with Gasteiger partial charge < -0.3 is 9.47 Å². The average molecular weight is 413 g/mol. The minimum Gasteiger partial charge on any atom is -0.494 e. The van der Waals surface area contributed by atoms with Crippen LogP contribution in [0, 0.1) is 0 Å². The highest BCUT2D eigenvalue weighted by molar-refractivity contribution is 5.59. The molecule has 2 aromatic rings. The zero-order valence-corrected chi connectivity index (χ0v) is 19.1. The lowest BCUT2D eigenvalue weighted by atomic mass is 10.1. The lowest BCUT2D eigenvalue weighted by molar-refractivity contribution is 0.290. The van der Waals surface area contributed by atoms with E-state index in [1.165, 1.54) is 64.2 Å². The molecule has 2 rings (SSSR count). The van der Waals surface area contributed by atoms with E-state index in [0.29, 0.717) is 12.5 Å². The lowest BCUT2D eigenvalue weighted by Crippen LogP contribution is -2.00. The summed E-state index contributed by atoms with van der Waals surface area (Å²) in [7, 11) is 0. The van der Waals surface area contributed by atoms with Gasteiger partial charge in [0.1, 0.15) is 5.75 Å². The largest absolute Gasteiger partial charge is 0.494 e. The number of unbranched alkanes of at least 4 members (excludes halogenated alkanes) is 10. The molecule has 0 amide bonds. The average Bonchev–Trinajstić information content (AvgIpc) is 2.79. The Morgan fingerprint density at radius 3 is 1.70 bits per heavy atom. The molecule has 1 heterocycles. The second kappa shape index (κ2) is 15.7. The van der Waals surface area contributed by atoms with Crippen LogP contribution in [0.15, 0.2) is 36.4 Å². The standard InChI is InChI=1S/C26H40N2O2/c1-3-5-7-9-11-13-21-29-24-17-15-23(16-18-24)25-19-20-26(28-27-25)30-22-14-12-10-8-6-4-2/h15-20H,3-14,21-22H2,1-2H3. The zero-order chi connectivity index (χ0) is 21.3. The Labute approximate surface area is 183 Å². The van der Waals surface area contributed by atoms with E-state index in [0.717, 1.165) is 36.5 Å². The van der Waals surface area contributed by atoms with Crippen molar-refractivity contribution < 1.29 is 9.47 Å². The smallest absolute Gasteiger partial charge is 0.233 e. The molecular formula is C26H40N2O2. The van der Waals surface area contributed by atoms with Crippen LogP contribution in [-0.4, -0.2) is 23.4 Å². The molecule has 0 radical (unpaired) electrons. The van der Waals surface area contributed by atoms with E-state index >= 15 is 0 Å². The molecule has 4 heteroatoms. The fourth-order valence-corrected chi connectivity index (χ4v) is 3.40. The van der Waals surface area contributed by atoms with Crippen molar-refractivity contribution >= 4 is 0 Å². The Kier molecular flexibility index (Phi) is 12.7. The summed E-state index contributed by atoms with van der Waals surface area (Å²) < 4.78 is 11.6. The third-order valence-electron chi connectivity index (χ3n) is 5.30. The van der Waals surface area contributed by atoms with Gasteiger partial charge in [-0.2, -0.15) is 0 Å². The fraction of sp³-hybridized carbons (Fsp3) is 0.615. The number of hydrogen-bond acceptors (Lipinski definition) is 4. The number of hydrogen-bond donors (Lipinski definition) is 0. The SMILES string of the molecule is CCCCCCCCOc1ccc(-c2ccc(OCCCCCCCC)nn2)cc1. The Hall–Kier alpha value is -2.10. The monoisotopic (exact) mass is 412 g/mol. The van der Waals surface area contributed by atoms with E-state index in [9.17, 15) is 0 Å². The molecule has 0 saturated carbocycles. The highest BCUT2D eigenvalue weighted by atomic mass is 16.5. The van der Waals surface area contributed by atoms with Crippen LogP contribution >= 0.6 is 0 Å². The summed E-state index contributed by atoms with van der Waals surface area (Å²) in [6, 6.07) is 12.0. The van der Waals surface area contributed by atoms with Crippen molar-refractivity contribution in [3.8, 4) is 22.9 Å². The number of rotatable bonds is 17. The summed E-state index contributed by atoms with van der Waals surface area (Å²) in [6.07, 6.45) is 15.2. The van der Waals surface area contributed by atoms with E-state index < -0.39 is 0 Å². The van der Waals surface area contributed by atoms with E-state index in [4.69, 9.17) is 9.47 Å². The van der Waals surface area contributed by atoms with Crippen molar-refractivity contribution in [2.75, 3.05) is 13.2 Å². The van der Waals surface area contributed by atoms with E-state index in [1.54, 1.807) is 0 Å². The third-order valence-corrected chi connectivity index (χ3v) is 5.30. The Morgan fingerprint density at radius 1 is 0.567 bits per heavy atom. The van der Waals surface area contributed by atoms with E-state index in [-0.39, 0.29) is 0 Å². The molecule has 0 aliphatic rings. The zero-order valence-electron chi connectivity index (χ0n) is 19.1. The van der Waals surface area contributed by atoms with Gasteiger partial charge in [-0.15, -0.1) is 10.2 Å². The van der Waals surface area contributed by atoms with Crippen molar-refractivity contribution in [3.05, 3.63) is 36.4 Å². The van der Waals surface area contributed by atoms with Crippen LogP contribution in [0.4, 0.5) is 0 Å². The molecule has 0 bridgehead atoms. The third kappa shape index (κ3) is 10.1. The van der Waals surface area contributed by atoms with Crippen LogP contribution in [0.3, 0.4) is 0 Å². The van der Waals surface area contributed by atoms with Crippen LogP contribution in [0.25, 0.3) is 11.3 Å². The molecule has 0 fully saturated rings. The van der Waals surface area contributed by atoms with Crippen LogP contribution in [0.5, 0.6) is 11.6 Å². The molecule has 4 nitrogen and oxygen atoms in total. The Balaban J connectivity index is 1.65. The maximum atomic E-state index is 5.85. The number of benzene rings is 1. The number of aromatic nitrogens is 2. The number of nitrogens with zero attached hydrogens (tertiary/aromatic N) is 2. The Bertz CT molecular complexity index is 596. The predicted octanol–water partition coefficient (Wildman–Crippen LogP) is 7.62. The second-order valence-electron chi connectivity index (χ2n) is 8.01. The molecule has 0 spiro atoms. The molecule has 0 N–H and O–H groups in total. The maximum absolute atomic E-state index is 5.85. The van der Waals surface area contributed by atoms with Crippen molar-refractivity contribution in [1.29, 1.82) is 0 Å². The van der Waals surface area contributed by atoms with Gasteiger partial charge in [0.2, 0.25) is 5.88 Å². The maximum Gasteiger partial charge on any atom is 0.233 e. The first-order valence-electron chi connectivity index (χ1n) is 12.0. The van der Waals surface area contributed by atoms with Crippen LogP contribution in [-0.2, 0) is 0 Å². The summed E-state index contributed by atoms with van der Waals surface area (Å²) in [5.74, 6) is 1.52. The normalized spacial score (nSPS) is 10.9. The highest BCUT2D eigenvalue weighted by Crippen LogP contribution is 2.21. The van der Waals surface area contributed by atoms with Crippen LogP contribution in [0.2, 0.25) is 0 Å². The van der Waals surface area contributed by atoms with Gasteiger partial charge in [0.05, 0.1) is 18.9 Å². The van der Waals surface area contributed by atoms with Gasteiger partial charge in [-0.3, -0.25) is 0 Å². The predicted molar refractivity (Wildman–Crippen MR) is 125 cm³/mol. The van der Waals surface area contributed by atoms with E-state index in [2.05, 4.69) is 24.0 Å². The number of ether oxygens (including phenoxy) is 2. The fourth-order valence-electron chi connectivity index (χ4n) is 3.40. The van der Waals surface area contributed by atoms with E-state index in [1.807, 2.05) is 36.4 Å². The topological polar surface area (TPSA) is 44.2 Å². The molecule has 1 aromatic carbocycles. The summed E-state index contributed by atoms with van der Waals surface area (Å²) in [6.45, 7) is 5.99. The van der Waals surface area contributed by atoms with Crippen LogP contribution in [0.1, 0.15) is 90.9 Å². The van der Waals surface area contributed by atoms with Gasteiger partial charge in [0, 0.05) is 11.6 Å². The van der Waals surface area contributed by atoms with Gasteiger partial charge in [-0.1, -0.05) is 78.1 Å². The molecule has 0 saturated heterocycles. The molecule has 1 aromatic heterocycles. The quantitative estimate of drug-likeness (QED) is 0.251. The van der Waals surface area contributed by atoms with Crippen molar-refractivity contribution in [2.24, 2.45) is 0 Å². The Morgan fingerprint density at radius 2 is 1.13 bits per heavy atom. The molecule has 0 unspecified atom stereocenters. The second-order valence-corrected chi connectivity index (χ2v) is 8.01.